The van der Waals surface area contributed by atoms with Crippen molar-refractivity contribution in [1.82, 2.24) is 4.90 Å². The molecule has 2 atom stereocenters. The first-order chi connectivity index (χ1) is 8.84. The highest BCUT2D eigenvalue weighted by Crippen LogP contribution is 2.31. The molecule has 18 heavy (non-hydrogen) atoms. The Morgan fingerprint density at radius 1 is 1.22 bits per heavy atom. The van der Waals surface area contributed by atoms with Crippen molar-refractivity contribution in [3.63, 3.8) is 0 Å². The molecule has 0 aromatic heterocycles. The monoisotopic (exact) mass is 239 g/mol. The van der Waals surface area contributed by atoms with Gasteiger partial charge in [0.2, 0.25) is 5.91 Å². The second kappa shape index (κ2) is 4.81. The predicted molar refractivity (Wildman–Crippen MR) is 72.9 cm³/mol. The molecule has 0 N–H and O–H groups in total. The molecular weight excluding hydrogens is 222 g/mol. The fourth-order valence-electron chi connectivity index (χ4n) is 2.89. The lowest BCUT2D eigenvalue weighted by molar-refractivity contribution is -0.128. The highest BCUT2D eigenvalue weighted by molar-refractivity contribution is 5.92. The van der Waals surface area contributed by atoms with E-state index in [0.29, 0.717) is 12.1 Å². The molecule has 1 amide bonds. The van der Waals surface area contributed by atoms with Crippen molar-refractivity contribution in [2.75, 3.05) is 0 Å². The largest absolute Gasteiger partial charge is 0.329 e. The molecule has 3 rings (SSSR count). The molecule has 1 aromatic carbocycles. The van der Waals surface area contributed by atoms with Gasteiger partial charge < -0.3 is 4.90 Å². The van der Waals surface area contributed by atoms with Gasteiger partial charge in [-0.3, -0.25) is 4.79 Å². The van der Waals surface area contributed by atoms with E-state index in [0.717, 1.165) is 24.8 Å². The van der Waals surface area contributed by atoms with Gasteiger partial charge in [-0.15, -0.1) is 0 Å². The summed E-state index contributed by atoms with van der Waals surface area (Å²) in [6, 6.07) is 10.7. The van der Waals surface area contributed by atoms with Crippen molar-refractivity contribution >= 4 is 12.0 Å². The summed E-state index contributed by atoms with van der Waals surface area (Å²) >= 11 is 0. The quantitative estimate of drug-likeness (QED) is 0.574. The van der Waals surface area contributed by atoms with Crippen LogP contribution in [0.2, 0.25) is 0 Å². The fraction of sp³-hybridized carbons (Fsp3) is 0.312. The third-order valence-electron chi connectivity index (χ3n) is 3.79. The van der Waals surface area contributed by atoms with Gasteiger partial charge in [-0.1, -0.05) is 42.5 Å². The maximum absolute atomic E-state index is 12.2. The summed E-state index contributed by atoms with van der Waals surface area (Å²) in [5.41, 5.74) is 1.07. The molecule has 2 nitrogen and oxygen atoms in total. The Bertz CT molecular complexity index is 489. The molecule has 2 bridgehead atoms. The van der Waals surface area contributed by atoms with Crippen LogP contribution in [0.4, 0.5) is 0 Å². The van der Waals surface area contributed by atoms with E-state index >= 15 is 0 Å². The number of benzene rings is 1. The third-order valence-corrected chi connectivity index (χ3v) is 3.79. The van der Waals surface area contributed by atoms with Gasteiger partial charge in [-0.05, 0) is 30.9 Å². The molecule has 1 fully saturated rings. The van der Waals surface area contributed by atoms with Crippen molar-refractivity contribution in [2.24, 2.45) is 0 Å². The number of carbonyl (C=O) groups excluding carboxylic acids is 1. The van der Waals surface area contributed by atoms with Crippen LogP contribution in [0, 0.1) is 0 Å². The molecule has 1 saturated heterocycles. The van der Waals surface area contributed by atoms with Gasteiger partial charge in [0.15, 0.2) is 0 Å². The fourth-order valence-corrected chi connectivity index (χ4v) is 2.89. The highest BCUT2D eigenvalue weighted by atomic mass is 16.2. The van der Waals surface area contributed by atoms with E-state index in [-0.39, 0.29) is 5.91 Å². The maximum atomic E-state index is 12.2. The first-order valence-electron chi connectivity index (χ1n) is 6.57. The molecule has 0 aliphatic carbocycles. The number of rotatable bonds is 2. The van der Waals surface area contributed by atoms with Gasteiger partial charge >= 0.3 is 0 Å². The smallest absolute Gasteiger partial charge is 0.247 e. The first kappa shape index (κ1) is 11.3. The summed E-state index contributed by atoms with van der Waals surface area (Å²) < 4.78 is 0. The zero-order valence-electron chi connectivity index (χ0n) is 10.3. The van der Waals surface area contributed by atoms with Gasteiger partial charge in [0.05, 0.1) is 6.04 Å². The molecule has 2 aliphatic rings. The summed E-state index contributed by atoms with van der Waals surface area (Å²) in [5.74, 6) is 0.149. The molecule has 92 valence electrons. The van der Waals surface area contributed by atoms with Crippen LogP contribution in [0.3, 0.4) is 0 Å². The average Bonchev–Trinajstić information content (AvgIpc) is 2.67. The number of carbonyl (C=O) groups is 1. The van der Waals surface area contributed by atoms with Gasteiger partial charge in [0, 0.05) is 12.1 Å². The van der Waals surface area contributed by atoms with Crippen LogP contribution in [-0.2, 0) is 4.79 Å². The lowest BCUT2D eigenvalue weighted by atomic mass is 10.1. The summed E-state index contributed by atoms with van der Waals surface area (Å²) in [4.78, 5) is 14.3. The van der Waals surface area contributed by atoms with Crippen molar-refractivity contribution in [2.45, 2.75) is 31.3 Å². The first-order valence-corrected chi connectivity index (χ1v) is 6.57. The van der Waals surface area contributed by atoms with Crippen LogP contribution in [0.1, 0.15) is 24.8 Å². The van der Waals surface area contributed by atoms with Crippen molar-refractivity contribution in [1.29, 1.82) is 0 Å². The highest BCUT2D eigenvalue weighted by Gasteiger charge is 2.35. The van der Waals surface area contributed by atoms with Gasteiger partial charge in [-0.25, -0.2) is 0 Å². The minimum absolute atomic E-state index is 0.149. The zero-order chi connectivity index (χ0) is 12.4. The SMILES string of the molecule is O=C(/C=C/c1ccccc1)N1[C@H]2CC=C[C@H]1CC2. The Balaban J connectivity index is 1.73. The van der Waals surface area contributed by atoms with E-state index in [1.165, 1.54) is 0 Å². The van der Waals surface area contributed by atoms with E-state index in [1.54, 1.807) is 6.08 Å². The molecule has 0 saturated carbocycles. The summed E-state index contributed by atoms with van der Waals surface area (Å²) in [7, 11) is 0. The van der Waals surface area contributed by atoms with Gasteiger partial charge in [0.1, 0.15) is 0 Å². The number of amides is 1. The Hall–Kier alpha value is -1.83. The topological polar surface area (TPSA) is 20.3 Å². The van der Waals surface area contributed by atoms with Crippen LogP contribution in [-0.4, -0.2) is 22.9 Å². The Labute approximate surface area is 108 Å². The van der Waals surface area contributed by atoms with Crippen LogP contribution in [0.5, 0.6) is 0 Å². The minimum atomic E-state index is 0.149. The molecule has 0 unspecified atom stereocenters. The number of hydrogen-bond acceptors (Lipinski definition) is 1. The van der Waals surface area contributed by atoms with Crippen LogP contribution < -0.4 is 0 Å². The summed E-state index contributed by atoms with van der Waals surface area (Å²) in [6.45, 7) is 0. The Morgan fingerprint density at radius 3 is 2.83 bits per heavy atom. The Morgan fingerprint density at radius 2 is 2.06 bits per heavy atom. The third kappa shape index (κ3) is 2.10. The molecule has 2 aliphatic heterocycles. The molecule has 2 heterocycles. The van der Waals surface area contributed by atoms with Crippen molar-refractivity contribution < 1.29 is 4.79 Å². The maximum Gasteiger partial charge on any atom is 0.247 e. The molecular formula is C16H17NO. The van der Waals surface area contributed by atoms with E-state index in [4.69, 9.17) is 0 Å². The second-order valence-corrected chi connectivity index (χ2v) is 4.95. The normalized spacial score (nSPS) is 25.9. The van der Waals surface area contributed by atoms with Crippen molar-refractivity contribution in [3.05, 3.63) is 54.1 Å². The zero-order valence-corrected chi connectivity index (χ0v) is 10.3. The van der Waals surface area contributed by atoms with Gasteiger partial charge in [-0.2, -0.15) is 0 Å². The van der Waals surface area contributed by atoms with E-state index in [2.05, 4.69) is 12.2 Å². The summed E-state index contributed by atoms with van der Waals surface area (Å²) in [6.07, 6.45) is 11.3. The van der Waals surface area contributed by atoms with E-state index in [1.807, 2.05) is 41.3 Å². The van der Waals surface area contributed by atoms with E-state index < -0.39 is 0 Å². The Kier molecular flexibility index (Phi) is 3.01. The molecule has 2 heteroatoms. The molecule has 1 aromatic rings. The van der Waals surface area contributed by atoms with Crippen LogP contribution in [0.15, 0.2) is 48.6 Å². The number of nitrogens with zero attached hydrogens (tertiary/aromatic N) is 1. The number of hydrogen-bond donors (Lipinski definition) is 0. The lowest BCUT2D eigenvalue weighted by Gasteiger charge is -2.30. The summed E-state index contributed by atoms with van der Waals surface area (Å²) in [5, 5.41) is 0. The average molecular weight is 239 g/mol. The van der Waals surface area contributed by atoms with E-state index in [9.17, 15) is 4.79 Å². The predicted octanol–water partition coefficient (Wildman–Crippen LogP) is 3.02. The minimum Gasteiger partial charge on any atom is -0.329 e. The van der Waals surface area contributed by atoms with Gasteiger partial charge in [0.25, 0.3) is 0 Å². The molecule has 0 radical (unpaired) electrons. The standard InChI is InChI=1S/C16H17NO/c18-16(12-9-13-5-2-1-3-6-13)17-14-7-4-8-15(17)11-10-14/h1-7,9,12,14-15H,8,10-11H2/b12-9+/t14-,15-/m0/s1. The lowest BCUT2D eigenvalue weighted by Crippen LogP contribution is -2.41. The van der Waals surface area contributed by atoms with Crippen LogP contribution in [0.25, 0.3) is 6.08 Å². The van der Waals surface area contributed by atoms with Crippen molar-refractivity contribution in [3.8, 4) is 0 Å². The second-order valence-electron chi connectivity index (χ2n) is 4.95. The van der Waals surface area contributed by atoms with Crippen LogP contribution >= 0.6 is 0 Å². The number of fused-ring (bicyclic) bond motifs is 2. The molecule has 0 spiro atoms.